The molecule has 86 valence electrons. The van der Waals surface area contributed by atoms with Crippen LogP contribution in [0.4, 0.5) is 0 Å². The van der Waals surface area contributed by atoms with Gasteiger partial charge < -0.3 is 5.11 Å². The maximum atomic E-state index is 11.0. The highest BCUT2D eigenvalue weighted by Crippen LogP contribution is 2.13. The molecule has 1 aromatic carbocycles. The first kappa shape index (κ1) is 11.3. The van der Waals surface area contributed by atoms with Crippen molar-refractivity contribution in [2.24, 2.45) is 0 Å². The molecule has 0 fully saturated rings. The van der Waals surface area contributed by atoms with Gasteiger partial charge in [-0.1, -0.05) is 29.8 Å². The predicted molar refractivity (Wildman–Crippen MR) is 65.2 cm³/mol. The number of carboxylic acid groups (broad SMARTS) is 1. The molecule has 17 heavy (non-hydrogen) atoms. The third kappa shape index (κ3) is 2.69. The summed E-state index contributed by atoms with van der Waals surface area (Å²) in [6.07, 6.45) is 2.17. The lowest BCUT2D eigenvalue weighted by molar-refractivity contribution is 0.0695. The zero-order valence-electron chi connectivity index (χ0n) is 9.55. The van der Waals surface area contributed by atoms with Crippen LogP contribution >= 0.6 is 0 Å². The van der Waals surface area contributed by atoms with E-state index in [1.54, 1.807) is 18.3 Å². The number of pyridine rings is 1. The third-order valence-electron chi connectivity index (χ3n) is 2.57. The quantitative estimate of drug-likeness (QED) is 0.877. The van der Waals surface area contributed by atoms with E-state index in [1.807, 2.05) is 31.2 Å². The van der Waals surface area contributed by atoms with Crippen molar-refractivity contribution in [3.8, 4) is 0 Å². The Kier molecular flexibility index (Phi) is 3.19. The topological polar surface area (TPSA) is 50.2 Å². The lowest BCUT2D eigenvalue weighted by Crippen LogP contribution is -2.05. The van der Waals surface area contributed by atoms with Crippen LogP contribution in [-0.4, -0.2) is 16.1 Å². The van der Waals surface area contributed by atoms with Crippen molar-refractivity contribution in [1.82, 2.24) is 4.98 Å². The number of hydrogen-bond donors (Lipinski definition) is 1. The Balaban J connectivity index is 2.33. The molecule has 0 amide bonds. The number of benzene rings is 1. The molecule has 0 unspecified atom stereocenters. The largest absolute Gasteiger partial charge is 0.478 e. The molecule has 3 heteroatoms. The lowest BCUT2D eigenvalue weighted by Gasteiger charge is -2.05. The van der Waals surface area contributed by atoms with Crippen LogP contribution < -0.4 is 0 Å². The minimum absolute atomic E-state index is 0.272. The molecule has 0 saturated carbocycles. The molecule has 0 bridgehead atoms. The van der Waals surface area contributed by atoms with Gasteiger partial charge in [0, 0.05) is 12.6 Å². The minimum atomic E-state index is -0.930. The summed E-state index contributed by atoms with van der Waals surface area (Å²) in [7, 11) is 0. The van der Waals surface area contributed by atoms with Gasteiger partial charge in [-0.3, -0.25) is 4.98 Å². The van der Waals surface area contributed by atoms with Crippen molar-refractivity contribution in [2.45, 2.75) is 13.3 Å². The fourth-order valence-electron chi connectivity index (χ4n) is 1.79. The highest BCUT2D eigenvalue weighted by atomic mass is 16.4. The summed E-state index contributed by atoms with van der Waals surface area (Å²) in [6.45, 7) is 2.01. The summed E-state index contributed by atoms with van der Waals surface area (Å²) >= 11 is 0. The van der Waals surface area contributed by atoms with E-state index in [2.05, 4.69) is 4.98 Å². The van der Waals surface area contributed by atoms with Crippen molar-refractivity contribution in [1.29, 1.82) is 0 Å². The van der Waals surface area contributed by atoms with Crippen molar-refractivity contribution in [3.63, 3.8) is 0 Å². The van der Waals surface area contributed by atoms with Crippen molar-refractivity contribution < 1.29 is 9.90 Å². The molecule has 0 radical (unpaired) electrons. The van der Waals surface area contributed by atoms with E-state index >= 15 is 0 Å². The molecular formula is C14H13NO2. The summed E-state index contributed by atoms with van der Waals surface area (Å²) in [6, 6.07) is 11.2. The zero-order valence-corrected chi connectivity index (χ0v) is 9.55. The molecule has 1 N–H and O–H groups in total. The Morgan fingerprint density at radius 2 is 2.12 bits per heavy atom. The summed E-state index contributed by atoms with van der Waals surface area (Å²) in [5.41, 5.74) is 3.11. The lowest BCUT2D eigenvalue weighted by atomic mass is 10.0. The van der Waals surface area contributed by atoms with Crippen LogP contribution in [0.5, 0.6) is 0 Å². The molecule has 0 atom stereocenters. The molecule has 3 nitrogen and oxygen atoms in total. The average molecular weight is 227 g/mol. The first-order valence-corrected chi connectivity index (χ1v) is 5.39. The van der Waals surface area contributed by atoms with Gasteiger partial charge in [-0.25, -0.2) is 4.79 Å². The molecule has 2 aromatic rings. The first-order valence-electron chi connectivity index (χ1n) is 5.39. The van der Waals surface area contributed by atoms with Gasteiger partial charge in [0.2, 0.25) is 0 Å². The maximum Gasteiger partial charge on any atom is 0.337 e. The second kappa shape index (κ2) is 4.78. The van der Waals surface area contributed by atoms with Crippen LogP contribution in [0.2, 0.25) is 0 Å². The van der Waals surface area contributed by atoms with Gasteiger partial charge in [-0.15, -0.1) is 0 Å². The molecule has 0 aliphatic heterocycles. The summed E-state index contributed by atoms with van der Waals surface area (Å²) in [4.78, 5) is 15.2. The molecule has 0 aliphatic carbocycles. The van der Waals surface area contributed by atoms with Crippen LogP contribution in [0, 0.1) is 6.92 Å². The van der Waals surface area contributed by atoms with Gasteiger partial charge in [-0.2, -0.15) is 0 Å². The Hall–Kier alpha value is -2.16. The molecular weight excluding hydrogens is 214 g/mol. The summed E-state index contributed by atoms with van der Waals surface area (Å²) in [5.74, 6) is -0.930. The Morgan fingerprint density at radius 3 is 2.82 bits per heavy atom. The number of aryl methyl sites for hydroxylation is 1. The first-order chi connectivity index (χ1) is 8.16. The highest BCUT2D eigenvalue weighted by Gasteiger charge is 2.10. The van der Waals surface area contributed by atoms with Gasteiger partial charge in [-0.05, 0) is 24.6 Å². The number of rotatable bonds is 3. The van der Waals surface area contributed by atoms with Crippen molar-refractivity contribution in [3.05, 3.63) is 65.0 Å². The van der Waals surface area contributed by atoms with Crippen LogP contribution in [0.15, 0.2) is 42.6 Å². The second-order valence-electron chi connectivity index (χ2n) is 3.97. The van der Waals surface area contributed by atoms with E-state index in [-0.39, 0.29) is 5.56 Å². The Morgan fingerprint density at radius 1 is 1.29 bits per heavy atom. The highest BCUT2D eigenvalue weighted by molar-refractivity contribution is 5.88. The molecule has 0 aliphatic rings. The second-order valence-corrected chi connectivity index (χ2v) is 3.97. The predicted octanol–water partition coefficient (Wildman–Crippen LogP) is 2.68. The van der Waals surface area contributed by atoms with E-state index in [4.69, 9.17) is 5.11 Å². The third-order valence-corrected chi connectivity index (χ3v) is 2.57. The number of nitrogens with zero attached hydrogens (tertiary/aromatic N) is 1. The number of carboxylic acids is 1. The van der Waals surface area contributed by atoms with E-state index in [0.29, 0.717) is 12.1 Å². The van der Waals surface area contributed by atoms with E-state index < -0.39 is 5.97 Å². The van der Waals surface area contributed by atoms with Crippen LogP contribution in [0.3, 0.4) is 0 Å². The molecule has 2 rings (SSSR count). The zero-order chi connectivity index (χ0) is 12.3. The Labute approximate surface area is 99.8 Å². The molecule has 1 aromatic heterocycles. The normalized spacial score (nSPS) is 10.2. The Bertz CT molecular complexity index is 549. The molecule has 0 spiro atoms. The fourth-order valence-corrected chi connectivity index (χ4v) is 1.79. The van der Waals surface area contributed by atoms with Gasteiger partial charge >= 0.3 is 5.97 Å². The number of aromatic carboxylic acids is 1. The minimum Gasteiger partial charge on any atom is -0.478 e. The number of hydrogen-bond acceptors (Lipinski definition) is 2. The fraction of sp³-hybridized carbons (Fsp3) is 0.143. The SMILES string of the molecule is Cc1cccc(Cc2ncccc2C(=O)O)c1. The van der Waals surface area contributed by atoms with E-state index in [0.717, 1.165) is 11.1 Å². The van der Waals surface area contributed by atoms with E-state index in [9.17, 15) is 4.79 Å². The number of carbonyl (C=O) groups is 1. The van der Waals surface area contributed by atoms with Crippen LogP contribution in [0.1, 0.15) is 27.2 Å². The molecule has 0 saturated heterocycles. The summed E-state index contributed by atoms with van der Waals surface area (Å²) < 4.78 is 0. The van der Waals surface area contributed by atoms with Crippen molar-refractivity contribution >= 4 is 5.97 Å². The average Bonchev–Trinajstić information content (AvgIpc) is 2.29. The van der Waals surface area contributed by atoms with Gasteiger partial charge in [0.1, 0.15) is 0 Å². The van der Waals surface area contributed by atoms with Crippen LogP contribution in [0.25, 0.3) is 0 Å². The van der Waals surface area contributed by atoms with Crippen LogP contribution in [-0.2, 0) is 6.42 Å². The van der Waals surface area contributed by atoms with Crippen molar-refractivity contribution in [2.75, 3.05) is 0 Å². The standard InChI is InChI=1S/C14H13NO2/c1-10-4-2-5-11(8-10)9-13-12(14(16)17)6-3-7-15-13/h2-8H,9H2,1H3,(H,16,17). The monoisotopic (exact) mass is 227 g/mol. The van der Waals surface area contributed by atoms with Gasteiger partial charge in [0.05, 0.1) is 11.3 Å². The number of aromatic nitrogens is 1. The van der Waals surface area contributed by atoms with Gasteiger partial charge in [0.25, 0.3) is 0 Å². The maximum absolute atomic E-state index is 11.0. The summed E-state index contributed by atoms with van der Waals surface area (Å²) in [5, 5.41) is 9.06. The van der Waals surface area contributed by atoms with Gasteiger partial charge in [0.15, 0.2) is 0 Å². The molecule has 1 heterocycles. The smallest absolute Gasteiger partial charge is 0.337 e. The van der Waals surface area contributed by atoms with E-state index in [1.165, 1.54) is 0 Å².